The van der Waals surface area contributed by atoms with E-state index in [4.69, 9.17) is 9.15 Å². The number of nitrogens with zero attached hydrogens (tertiary/aromatic N) is 1. The minimum atomic E-state index is 0. The maximum atomic E-state index is 5.43. The van der Waals surface area contributed by atoms with Crippen LogP contribution < -0.4 is 15.4 Å². The Morgan fingerprint density at radius 1 is 1.21 bits per heavy atom. The topological polar surface area (TPSA) is 58.8 Å². The van der Waals surface area contributed by atoms with E-state index in [9.17, 15) is 0 Å². The number of para-hydroxylation sites is 1. The van der Waals surface area contributed by atoms with Gasteiger partial charge in [0.15, 0.2) is 5.96 Å². The number of halogens is 1. The quantitative estimate of drug-likeness (QED) is 0.389. The highest BCUT2D eigenvalue weighted by atomic mass is 127. The third kappa shape index (κ3) is 6.07. The van der Waals surface area contributed by atoms with Gasteiger partial charge in [-0.1, -0.05) is 25.1 Å². The first-order valence-electron chi connectivity index (χ1n) is 7.92. The Kier molecular flexibility index (Phi) is 9.29. The molecular formula is C18H26IN3O2. The normalized spacial score (nSPS) is 12.2. The molecule has 132 valence electrons. The van der Waals surface area contributed by atoms with Crippen molar-refractivity contribution in [2.45, 2.75) is 26.3 Å². The third-order valence-corrected chi connectivity index (χ3v) is 3.56. The number of methoxy groups -OCH3 is 1. The Labute approximate surface area is 160 Å². The average molecular weight is 443 g/mol. The van der Waals surface area contributed by atoms with Crippen LogP contribution in [0.25, 0.3) is 0 Å². The molecule has 0 spiro atoms. The molecule has 0 aliphatic carbocycles. The van der Waals surface area contributed by atoms with Gasteiger partial charge in [0, 0.05) is 19.0 Å². The molecule has 0 aliphatic rings. The van der Waals surface area contributed by atoms with Crippen molar-refractivity contribution in [3.63, 3.8) is 0 Å². The Morgan fingerprint density at radius 2 is 2.00 bits per heavy atom. The lowest BCUT2D eigenvalue weighted by Crippen LogP contribution is -2.39. The lowest BCUT2D eigenvalue weighted by Gasteiger charge is -2.18. The Hall–Kier alpha value is -1.70. The number of hydrogen-bond acceptors (Lipinski definition) is 3. The highest BCUT2D eigenvalue weighted by Crippen LogP contribution is 2.25. The van der Waals surface area contributed by atoms with Crippen LogP contribution in [-0.2, 0) is 6.54 Å². The number of benzene rings is 1. The molecule has 2 rings (SSSR count). The monoisotopic (exact) mass is 443 g/mol. The molecule has 1 aromatic carbocycles. The van der Waals surface area contributed by atoms with E-state index in [1.165, 1.54) is 5.56 Å². The van der Waals surface area contributed by atoms with Crippen molar-refractivity contribution in [1.82, 2.24) is 10.6 Å². The molecule has 2 aromatic rings. The van der Waals surface area contributed by atoms with Gasteiger partial charge >= 0.3 is 0 Å². The van der Waals surface area contributed by atoms with Gasteiger partial charge in [-0.15, -0.1) is 24.0 Å². The molecule has 0 amide bonds. The molecule has 1 heterocycles. The number of aliphatic imine (C=N–C) groups is 1. The van der Waals surface area contributed by atoms with Crippen molar-refractivity contribution in [2.24, 2.45) is 4.99 Å². The molecule has 24 heavy (non-hydrogen) atoms. The van der Waals surface area contributed by atoms with Crippen molar-refractivity contribution >= 4 is 29.9 Å². The fourth-order valence-electron chi connectivity index (χ4n) is 2.33. The maximum absolute atomic E-state index is 5.43. The molecule has 1 atom stereocenters. The van der Waals surface area contributed by atoms with E-state index in [1.807, 2.05) is 37.3 Å². The highest BCUT2D eigenvalue weighted by molar-refractivity contribution is 14.0. The fraction of sp³-hybridized carbons (Fsp3) is 0.389. The van der Waals surface area contributed by atoms with Crippen LogP contribution in [0, 0.1) is 0 Å². The van der Waals surface area contributed by atoms with Crippen molar-refractivity contribution in [3.05, 3.63) is 54.0 Å². The maximum Gasteiger partial charge on any atom is 0.191 e. The number of ether oxygens (including phenoxy) is 1. The molecule has 0 fully saturated rings. The molecule has 1 aromatic heterocycles. The average Bonchev–Trinajstić information content (AvgIpc) is 3.10. The van der Waals surface area contributed by atoms with Gasteiger partial charge in [0.2, 0.25) is 0 Å². The third-order valence-electron chi connectivity index (χ3n) is 3.56. The summed E-state index contributed by atoms with van der Waals surface area (Å²) in [6.07, 6.45) is 1.66. The lowest BCUT2D eigenvalue weighted by molar-refractivity contribution is 0.406. The van der Waals surface area contributed by atoms with E-state index < -0.39 is 0 Å². The zero-order valence-electron chi connectivity index (χ0n) is 14.4. The summed E-state index contributed by atoms with van der Waals surface area (Å²) in [7, 11) is 1.70. The van der Waals surface area contributed by atoms with E-state index in [2.05, 4.69) is 28.6 Å². The first-order chi connectivity index (χ1) is 11.2. The van der Waals surface area contributed by atoms with Crippen LogP contribution >= 0.6 is 24.0 Å². The Morgan fingerprint density at radius 3 is 2.67 bits per heavy atom. The molecule has 2 N–H and O–H groups in total. The van der Waals surface area contributed by atoms with Crippen LogP contribution in [0.1, 0.15) is 31.1 Å². The Balaban J connectivity index is 0.00000288. The molecule has 0 radical (unpaired) electrons. The van der Waals surface area contributed by atoms with E-state index in [1.54, 1.807) is 13.4 Å². The zero-order valence-corrected chi connectivity index (χ0v) is 16.7. The minimum absolute atomic E-state index is 0. The van der Waals surface area contributed by atoms with Crippen molar-refractivity contribution in [3.8, 4) is 5.75 Å². The number of guanidine groups is 1. The summed E-state index contributed by atoms with van der Waals surface area (Å²) in [6.45, 7) is 6.32. The molecule has 1 unspecified atom stereocenters. The van der Waals surface area contributed by atoms with Crippen LogP contribution in [0.4, 0.5) is 0 Å². The standard InChI is InChI=1S/C18H25N3O2.HI/c1-4-19-18(21-13-15-8-7-11-23-15)20-12-14(2)16-9-5-6-10-17(16)22-3;/h5-11,14H,4,12-13H2,1-3H3,(H2,19,20,21);1H. The smallest absolute Gasteiger partial charge is 0.191 e. The summed E-state index contributed by atoms with van der Waals surface area (Å²) >= 11 is 0. The summed E-state index contributed by atoms with van der Waals surface area (Å²) in [6, 6.07) is 11.9. The second kappa shape index (κ2) is 11.0. The van der Waals surface area contributed by atoms with Gasteiger partial charge in [0.1, 0.15) is 18.1 Å². The first kappa shape index (κ1) is 20.3. The molecule has 5 nitrogen and oxygen atoms in total. The second-order valence-electron chi connectivity index (χ2n) is 5.30. The summed E-state index contributed by atoms with van der Waals surface area (Å²) in [5.41, 5.74) is 1.18. The van der Waals surface area contributed by atoms with Gasteiger partial charge in [-0.3, -0.25) is 0 Å². The number of hydrogen-bond donors (Lipinski definition) is 2. The predicted octanol–water partition coefficient (Wildman–Crippen LogP) is 3.77. The van der Waals surface area contributed by atoms with E-state index in [-0.39, 0.29) is 24.0 Å². The van der Waals surface area contributed by atoms with Gasteiger partial charge < -0.3 is 19.8 Å². The molecule has 0 bridgehead atoms. The summed E-state index contributed by atoms with van der Waals surface area (Å²) < 4.78 is 10.7. The second-order valence-corrected chi connectivity index (χ2v) is 5.30. The molecule has 0 aliphatic heterocycles. The van der Waals surface area contributed by atoms with Gasteiger partial charge in [0.05, 0.1) is 13.4 Å². The van der Waals surface area contributed by atoms with E-state index in [0.717, 1.165) is 30.6 Å². The summed E-state index contributed by atoms with van der Waals surface area (Å²) in [4.78, 5) is 4.53. The number of rotatable bonds is 7. The molecule has 6 heteroatoms. The van der Waals surface area contributed by atoms with Crippen molar-refractivity contribution in [1.29, 1.82) is 0 Å². The molecule has 0 saturated carbocycles. The lowest BCUT2D eigenvalue weighted by atomic mass is 10.0. The summed E-state index contributed by atoms with van der Waals surface area (Å²) in [5.74, 6) is 2.85. The van der Waals surface area contributed by atoms with Crippen LogP contribution in [-0.4, -0.2) is 26.2 Å². The van der Waals surface area contributed by atoms with E-state index in [0.29, 0.717) is 12.5 Å². The van der Waals surface area contributed by atoms with Crippen LogP contribution in [0.5, 0.6) is 5.75 Å². The van der Waals surface area contributed by atoms with Gasteiger partial charge in [-0.2, -0.15) is 0 Å². The number of nitrogens with one attached hydrogen (secondary N) is 2. The van der Waals surface area contributed by atoms with Crippen LogP contribution in [0.3, 0.4) is 0 Å². The van der Waals surface area contributed by atoms with Crippen molar-refractivity contribution in [2.75, 3.05) is 20.2 Å². The number of furan rings is 1. The summed E-state index contributed by atoms with van der Waals surface area (Å²) in [5, 5.41) is 6.62. The Bertz CT molecular complexity index is 614. The van der Waals surface area contributed by atoms with E-state index >= 15 is 0 Å². The SMILES string of the molecule is CCNC(=NCc1ccco1)NCC(C)c1ccccc1OC.I. The van der Waals surface area contributed by atoms with Gasteiger partial charge in [-0.25, -0.2) is 4.99 Å². The minimum Gasteiger partial charge on any atom is -0.496 e. The predicted molar refractivity (Wildman–Crippen MR) is 108 cm³/mol. The van der Waals surface area contributed by atoms with Crippen LogP contribution in [0.15, 0.2) is 52.1 Å². The van der Waals surface area contributed by atoms with Crippen LogP contribution in [0.2, 0.25) is 0 Å². The fourth-order valence-corrected chi connectivity index (χ4v) is 2.33. The molecule has 0 saturated heterocycles. The van der Waals surface area contributed by atoms with Gasteiger partial charge in [0.25, 0.3) is 0 Å². The van der Waals surface area contributed by atoms with Crippen molar-refractivity contribution < 1.29 is 9.15 Å². The largest absolute Gasteiger partial charge is 0.496 e. The molecular weight excluding hydrogens is 417 g/mol. The first-order valence-corrected chi connectivity index (χ1v) is 7.92. The zero-order chi connectivity index (χ0) is 16.5. The van der Waals surface area contributed by atoms with Gasteiger partial charge in [-0.05, 0) is 30.7 Å². The highest BCUT2D eigenvalue weighted by Gasteiger charge is 2.11.